The summed E-state index contributed by atoms with van der Waals surface area (Å²) in [5.41, 5.74) is 18.9. The smallest absolute Gasteiger partial charge is 0.159 e. The number of anilines is 6. The fourth-order valence-electron chi connectivity index (χ4n) is 11.9. The van der Waals surface area contributed by atoms with E-state index in [1.54, 1.807) is 0 Å². The van der Waals surface area contributed by atoms with E-state index in [-0.39, 0.29) is 5.82 Å². The molecule has 75 heavy (non-hydrogen) atoms. The molecule has 1 aliphatic carbocycles. The Bertz CT molecular complexity index is 4170. The molecule has 0 radical (unpaired) electrons. The third-order valence-electron chi connectivity index (χ3n) is 15.2. The molecule has 3 nitrogen and oxygen atoms in total. The summed E-state index contributed by atoms with van der Waals surface area (Å²) in [6, 6.07) is 101. The third kappa shape index (κ3) is 7.25. The Labute approximate surface area is 435 Å². The van der Waals surface area contributed by atoms with Gasteiger partial charge in [-0.1, -0.05) is 188 Å². The Balaban J connectivity index is 0.927. The lowest BCUT2D eigenvalue weighted by Crippen LogP contribution is -2.28. The monoisotopic (exact) mass is 962 g/mol. The zero-order chi connectivity index (χ0) is 49.9. The van der Waals surface area contributed by atoms with Gasteiger partial charge in [0.2, 0.25) is 0 Å². The van der Waals surface area contributed by atoms with E-state index in [0.29, 0.717) is 0 Å². The Morgan fingerprint density at radius 3 is 1.44 bits per heavy atom. The molecule has 0 N–H and O–H groups in total. The minimum absolute atomic E-state index is 0.263. The molecule has 1 heterocycles. The van der Waals surface area contributed by atoms with Crippen LogP contribution in [0.1, 0.15) is 22.3 Å². The van der Waals surface area contributed by atoms with Gasteiger partial charge in [-0.05, 0) is 163 Å². The molecule has 4 heteroatoms. The van der Waals surface area contributed by atoms with Gasteiger partial charge in [-0.3, -0.25) is 0 Å². The molecule has 0 bridgehead atoms. The summed E-state index contributed by atoms with van der Waals surface area (Å²) < 4.78 is 20.9. The molecular formula is C71H47FN2O. The quantitative estimate of drug-likeness (QED) is 0.136. The number of benzene rings is 12. The van der Waals surface area contributed by atoms with Gasteiger partial charge in [0.25, 0.3) is 0 Å². The first kappa shape index (κ1) is 44.0. The standard InChI is InChI=1S/C71H47FN2O/c72-53-37-43-57(44-38-53)73(54-22-9-3-10-23-54)56-41-34-49(35-42-56)64-47-66-69(61-28-14-13-26-59(61)64)63-45-36-50(46-65(63)71(66,51-18-5-1-6-19-51)52-20-7-2-8-21-52)48-32-39-58(40-33-48)74(55-24-11-4-12-25-55)67-30-17-29-62-60-27-15-16-31-68(60)75-70(62)67/h1-47H. The lowest BCUT2D eigenvalue weighted by atomic mass is 9.67. The number of nitrogens with zero attached hydrogens (tertiary/aromatic N) is 2. The topological polar surface area (TPSA) is 19.6 Å². The maximum Gasteiger partial charge on any atom is 0.159 e. The number of para-hydroxylation sites is 4. The van der Waals surface area contributed by atoms with Crippen molar-refractivity contribution in [3.63, 3.8) is 0 Å². The lowest BCUT2D eigenvalue weighted by molar-refractivity contribution is 0.628. The molecule has 0 aliphatic heterocycles. The summed E-state index contributed by atoms with van der Waals surface area (Å²) >= 11 is 0. The summed E-state index contributed by atoms with van der Waals surface area (Å²) in [6.45, 7) is 0. The van der Waals surface area contributed by atoms with E-state index >= 15 is 0 Å². The average Bonchev–Trinajstić information content (AvgIpc) is 4.10. The highest BCUT2D eigenvalue weighted by atomic mass is 19.1. The second-order valence-electron chi connectivity index (χ2n) is 19.3. The lowest BCUT2D eigenvalue weighted by Gasteiger charge is -2.34. The average molecular weight is 963 g/mol. The summed E-state index contributed by atoms with van der Waals surface area (Å²) in [4.78, 5) is 4.47. The SMILES string of the molecule is Fc1ccc(N(c2ccccc2)c2ccc(-c3cc4c(c5ccccc35)-c3ccc(-c5ccc(N(c6ccccc6)c6cccc7c6oc6ccccc67)cc5)cc3C4(c3ccccc3)c3ccccc3)cc2)cc1. The second kappa shape index (κ2) is 18.1. The third-order valence-corrected chi connectivity index (χ3v) is 15.2. The molecule has 12 aromatic carbocycles. The minimum Gasteiger partial charge on any atom is -0.454 e. The number of hydrogen-bond donors (Lipinski definition) is 0. The van der Waals surface area contributed by atoms with Crippen molar-refractivity contribution >= 4 is 66.8 Å². The van der Waals surface area contributed by atoms with Crippen LogP contribution in [0.3, 0.4) is 0 Å². The summed E-state index contributed by atoms with van der Waals surface area (Å²) in [5, 5.41) is 4.59. The summed E-state index contributed by atoms with van der Waals surface area (Å²) in [7, 11) is 0. The minimum atomic E-state index is -0.663. The maximum atomic E-state index is 14.2. The number of halogens is 1. The molecule has 13 aromatic rings. The molecule has 0 saturated carbocycles. The molecule has 1 aromatic heterocycles. The van der Waals surface area contributed by atoms with Crippen molar-refractivity contribution in [1.29, 1.82) is 0 Å². The summed E-state index contributed by atoms with van der Waals surface area (Å²) in [6.07, 6.45) is 0. The first-order valence-corrected chi connectivity index (χ1v) is 25.5. The molecule has 0 atom stereocenters. The Hall–Kier alpha value is -9.77. The highest BCUT2D eigenvalue weighted by Gasteiger charge is 2.47. The van der Waals surface area contributed by atoms with Crippen LogP contribution in [0.2, 0.25) is 0 Å². The highest BCUT2D eigenvalue weighted by molar-refractivity contribution is 6.12. The Kier molecular flexibility index (Phi) is 10.6. The molecule has 0 spiro atoms. The van der Waals surface area contributed by atoms with Crippen LogP contribution in [0.5, 0.6) is 0 Å². The van der Waals surface area contributed by atoms with E-state index in [2.05, 4.69) is 240 Å². The fourth-order valence-corrected chi connectivity index (χ4v) is 11.9. The van der Waals surface area contributed by atoms with Crippen molar-refractivity contribution in [2.45, 2.75) is 5.41 Å². The molecule has 0 saturated heterocycles. The molecule has 0 fully saturated rings. The van der Waals surface area contributed by atoms with Gasteiger partial charge in [-0.2, -0.15) is 0 Å². The van der Waals surface area contributed by atoms with Crippen molar-refractivity contribution in [3.8, 4) is 33.4 Å². The van der Waals surface area contributed by atoms with Crippen LogP contribution in [-0.4, -0.2) is 0 Å². The van der Waals surface area contributed by atoms with E-state index in [1.807, 2.05) is 42.5 Å². The highest BCUT2D eigenvalue weighted by Crippen LogP contribution is 2.60. The van der Waals surface area contributed by atoms with Gasteiger partial charge in [0.15, 0.2) is 5.58 Å². The van der Waals surface area contributed by atoms with Gasteiger partial charge in [0.1, 0.15) is 11.4 Å². The molecule has 0 amide bonds. The van der Waals surface area contributed by atoms with Gasteiger partial charge < -0.3 is 14.2 Å². The van der Waals surface area contributed by atoms with Crippen molar-refractivity contribution in [1.82, 2.24) is 0 Å². The van der Waals surface area contributed by atoms with Crippen molar-refractivity contribution in [3.05, 3.63) is 313 Å². The van der Waals surface area contributed by atoms with E-state index in [9.17, 15) is 4.39 Å². The van der Waals surface area contributed by atoms with Crippen molar-refractivity contribution < 1.29 is 8.81 Å². The number of furan rings is 1. The van der Waals surface area contributed by atoms with Crippen LogP contribution in [0.25, 0.3) is 66.1 Å². The number of rotatable bonds is 10. The molecule has 354 valence electrons. The number of fused-ring (bicyclic) bond motifs is 8. The van der Waals surface area contributed by atoms with Gasteiger partial charge in [0.05, 0.1) is 11.1 Å². The van der Waals surface area contributed by atoms with E-state index in [0.717, 1.165) is 78.3 Å². The predicted octanol–water partition coefficient (Wildman–Crippen LogP) is 19.5. The Morgan fingerprint density at radius 2 is 0.800 bits per heavy atom. The first-order chi connectivity index (χ1) is 37.1. The zero-order valence-corrected chi connectivity index (χ0v) is 40.8. The second-order valence-corrected chi connectivity index (χ2v) is 19.3. The van der Waals surface area contributed by atoms with Crippen LogP contribution in [0.15, 0.2) is 290 Å². The predicted molar refractivity (Wildman–Crippen MR) is 309 cm³/mol. The van der Waals surface area contributed by atoms with E-state index in [1.165, 1.54) is 56.3 Å². The fraction of sp³-hybridized carbons (Fsp3) is 0.0141. The van der Waals surface area contributed by atoms with E-state index in [4.69, 9.17) is 4.42 Å². The summed E-state index contributed by atoms with van der Waals surface area (Å²) in [5.74, 6) is -0.263. The van der Waals surface area contributed by atoms with Crippen LogP contribution < -0.4 is 9.80 Å². The normalized spacial score (nSPS) is 12.4. The molecule has 1 aliphatic rings. The maximum absolute atomic E-state index is 14.2. The van der Waals surface area contributed by atoms with E-state index < -0.39 is 5.41 Å². The van der Waals surface area contributed by atoms with Crippen LogP contribution in [0.4, 0.5) is 38.5 Å². The van der Waals surface area contributed by atoms with Crippen LogP contribution in [0, 0.1) is 5.82 Å². The van der Waals surface area contributed by atoms with Gasteiger partial charge >= 0.3 is 0 Å². The van der Waals surface area contributed by atoms with Crippen molar-refractivity contribution in [2.24, 2.45) is 0 Å². The van der Waals surface area contributed by atoms with Crippen LogP contribution in [-0.2, 0) is 5.41 Å². The number of hydrogen-bond acceptors (Lipinski definition) is 3. The van der Waals surface area contributed by atoms with Gasteiger partial charge in [0, 0.05) is 39.2 Å². The zero-order valence-electron chi connectivity index (χ0n) is 40.8. The molecule has 0 unspecified atom stereocenters. The van der Waals surface area contributed by atoms with Gasteiger partial charge in [-0.15, -0.1) is 0 Å². The Morgan fingerprint density at radius 1 is 0.320 bits per heavy atom. The first-order valence-electron chi connectivity index (χ1n) is 25.5. The van der Waals surface area contributed by atoms with Crippen molar-refractivity contribution in [2.75, 3.05) is 9.80 Å². The van der Waals surface area contributed by atoms with Gasteiger partial charge in [-0.25, -0.2) is 4.39 Å². The van der Waals surface area contributed by atoms with Crippen LogP contribution >= 0.6 is 0 Å². The molecular weight excluding hydrogens is 916 g/mol. The largest absolute Gasteiger partial charge is 0.454 e. The molecule has 14 rings (SSSR count).